The molecule has 5 rings (SSSR count). The number of carbonyl (C=O) groups excluding carboxylic acids is 1. The van der Waals surface area contributed by atoms with Crippen LogP contribution in [0.15, 0.2) is 59.6 Å². The number of fused-ring (bicyclic) bond motifs is 3. The Morgan fingerprint density at radius 2 is 1.68 bits per heavy atom. The summed E-state index contributed by atoms with van der Waals surface area (Å²) in [6.45, 7) is 9.86. The average molecular weight is 455 g/mol. The van der Waals surface area contributed by atoms with Crippen LogP contribution in [0.5, 0.6) is 11.5 Å². The molecular weight excluding hydrogens is 424 g/mol. The second-order valence-electron chi connectivity index (χ2n) is 10.6. The van der Waals surface area contributed by atoms with Crippen LogP contribution in [0.25, 0.3) is 11.1 Å². The van der Waals surface area contributed by atoms with Crippen molar-refractivity contribution >= 4 is 17.3 Å². The summed E-state index contributed by atoms with van der Waals surface area (Å²) in [6.07, 6.45) is 1.49. The van der Waals surface area contributed by atoms with Crippen molar-refractivity contribution in [2.45, 2.75) is 58.6 Å². The number of carbonyl (C=O) groups is 1. The second kappa shape index (κ2) is 7.73. The maximum Gasteiger partial charge on any atom is 0.221 e. The molecule has 3 aromatic carbocycles. The van der Waals surface area contributed by atoms with Crippen molar-refractivity contribution in [2.24, 2.45) is 4.99 Å². The molecule has 5 nitrogen and oxygen atoms in total. The third-order valence-corrected chi connectivity index (χ3v) is 6.37. The first-order valence-corrected chi connectivity index (χ1v) is 11.7. The Hall–Kier alpha value is -3.60. The molecule has 5 heteroatoms. The molecule has 2 aliphatic rings. The zero-order valence-corrected chi connectivity index (χ0v) is 20.3. The number of ether oxygens (including phenoxy) is 1. The molecule has 0 bridgehead atoms. The number of rotatable bonds is 3. The van der Waals surface area contributed by atoms with Crippen molar-refractivity contribution in [1.82, 2.24) is 0 Å². The van der Waals surface area contributed by atoms with Crippen molar-refractivity contribution in [3.8, 4) is 22.6 Å². The molecule has 0 unspecified atom stereocenters. The lowest BCUT2D eigenvalue weighted by Gasteiger charge is -2.31. The Morgan fingerprint density at radius 3 is 2.38 bits per heavy atom. The van der Waals surface area contributed by atoms with E-state index in [2.05, 4.69) is 43.4 Å². The van der Waals surface area contributed by atoms with Crippen LogP contribution in [0.3, 0.4) is 0 Å². The van der Waals surface area contributed by atoms with Gasteiger partial charge >= 0.3 is 0 Å². The van der Waals surface area contributed by atoms with Crippen LogP contribution in [-0.4, -0.2) is 27.9 Å². The topological polar surface area (TPSA) is 70.9 Å². The maximum absolute atomic E-state index is 11.3. The van der Waals surface area contributed by atoms with Gasteiger partial charge in [-0.05, 0) is 75.1 Å². The summed E-state index contributed by atoms with van der Waals surface area (Å²) in [7, 11) is 0. The Bertz CT molecular complexity index is 1330. The van der Waals surface area contributed by atoms with E-state index in [1.807, 2.05) is 44.2 Å². The number of hydrogen-bond acceptors (Lipinski definition) is 4. The van der Waals surface area contributed by atoms with Crippen molar-refractivity contribution in [3.63, 3.8) is 0 Å². The Labute approximate surface area is 200 Å². The van der Waals surface area contributed by atoms with Gasteiger partial charge in [0, 0.05) is 35.7 Å². The molecule has 0 spiro atoms. The van der Waals surface area contributed by atoms with Crippen molar-refractivity contribution in [2.75, 3.05) is 5.32 Å². The third kappa shape index (κ3) is 4.07. The molecular formula is C29H30N2O3. The zero-order chi connectivity index (χ0) is 24.3. The quantitative estimate of drug-likeness (QED) is 0.517. The van der Waals surface area contributed by atoms with Crippen molar-refractivity contribution < 1.29 is 14.6 Å². The minimum atomic E-state index is -0.371. The minimum Gasteiger partial charge on any atom is -0.504 e. The first-order valence-electron chi connectivity index (χ1n) is 11.7. The van der Waals surface area contributed by atoms with Gasteiger partial charge in [0.05, 0.1) is 11.3 Å². The van der Waals surface area contributed by atoms with Crippen LogP contribution < -0.4 is 10.1 Å². The molecule has 0 fully saturated rings. The number of anilines is 1. The lowest BCUT2D eigenvalue weighted by Crippen LogP contribution is -2.30. The van der Waals surface area contributed by atoms with Gasteiger partial charge in [0.15, 0.2) is 11.5 Å². The summed E-state index contributed by atoms with van der Waals surface area (Å²) >= 11 is 0. The highest BCUT2D eigenvalue weighted by atomic mass is 16.5. The predicted octanol–water partition coefficient (Wildman–Crippen LogP) is 5.90. The van der Waals surface area contributed by atoms with E-state index in [9.17, 15) is 9.90 Å². The van der Waals surface area contributed by atoms with E-state index in [-0.39, 0.29) is 22.8 Å². The molecule has 2 heterocycles. The van der Waals surface area contributed by atoms with E-state index in [4.69, 9.17) is 9.73 Å². The van der Waals surface area contributed by atoms with Crippen LogP contribution in [-0.2, 0) is 17.6 Å². The fourth-order valence-corrected chi connectivity index (χ4v) is 5.09. The number of nitrogens with zero attached hydrogens (tertiary/aromatic N) is 1. The number of phenolic OH excluding ortho intramolecular Hbond substituents is 1. The lowest BCUT2D eigenvalue weighted by molar-refractivity contribution is -0.114. The largest absolute Gasteiger partial charge is 0.504 e. The number of aromatic hydroxyl groups is 1. The molecule has 1 amide bonds. The average Bonchev–Trinajstić information content (AvgIpc) is 3.08. The first-order chi connectivity index (χ1) is 16.0. The second-order valence-corrected chi connectivity index (χ2v) is 10.6. The SMILES string of the molecule is CC(=O)Nc1ccc(-c2cccc(C3=NC(C)(C)Cc4cc(O)c5c(c43)CC(C)(C)O5)c2)cc1. The van der Waals surface area contributed by atoms with Gasteiger partial charge in [-0.25, -0.2) is 0 Å². The molecule has 0 radical (unpaired) electrons. The number of phenols is 1. The molecule has 0 aliphatic carbocycles. The highest BCUT2D eigenvalue weighted by Crippen LogP contribution is 2.47. The standard InChI is InChI=1S/C29H30N2O3/c1-17(32)30-22-11-9-18(10-12-22)19-7-6-8-20(13-19)26-25-21(15-28(2,3)31-26)14-24(33)27-23(25)16-29(4,5)34-27/h6-14,33H,15-16H2,1-5H3,(H,30,32). The molecule has 3 aromatic rings. The molecule has 0 saturated heterocycles. The van der Waals surface area contributed by atoms with Crippen LogP contribution in [0, 0.1) is 0 Å². The van der Waals surface area contributed by atoms with E-state index in [0.29, 0.717) is 5.75 Å². The molecule has 34 heavy (non-hydrogen) atoms. The number of benzene rings is 3. The number of hydrogen-bond donors (Lipinski definition) is 2. The van der Waals surface area contributed by atoms with Crippen molar-refractivity contribution in [3.05, 3.63) is 76.9 Å². The van der Waals surface area contributed by atoms with Gasteiger partial charge < -0.3 is 15.2 Å². The summed E-state index contributed by atoms with van der Waals surface area (Å²) in [6, 6.07) is 18.1. The van der Waals surface area contributed by atoms with Crippen molar-refractivity contribution in [1.29, 1.82) is 0 Å². The fraction of sp³-hybridized carbons (Fsp3) is 0.310. The smallest absolute Gasteiger partial charge is 0.221 e. The van der Waals surface area contributed by atoms with E-state index < -0.39 is 0 Å². The summed E-state index contributed by atoms with van der Waals surface area (Å²) in [5.74, 6) is 0.710. The normalized spacial score (nSPS) is 17.3. The summed E-state index contributed by atoms with van der Waals surface area (Å²) < 4.78 is 6.12. The Balaban J connectivity index is 1.61. The molecule has 2 aliphatic heterocycles. The van der Waals surface area contributed by atoms with Gasteiger partial charge in [0.2, 0.25) is 5.91 Å². The summed E-state index contributed by atoms with van der Waals surface area (Å²) in [5.41, 5.74) is 7.48. The Kier molecular flexibility index (Phi) is 5.05. The van der Waals surface area contributed by atoms with E-state index in [0.717, 1.165) is 57.6 Å². The fourth-order valence-electron chi connectivity index (χ4n) is 5.09. The first kappa shape index (κ1) is 22.2. The third-order valence-electron chi connectivity index (χ3n) is 6.37. The van der Waals surface area contributed by atoms with Gasteiger partial charge in [-0.3, -0.25) is 9.79 Å². The van der Waals surface area contributed by atoms with E-state index in [1.165, 1.54) is 6.92 Å². The molecule has 174 valence electrons. The monoisotopic (exact) mass is 454 g/mol. The minimum absolute atomic E-state index is 0.0861. The van der Waals surface area contributed by atoms with Gasteiger partial charge in [-0.2, -0.15) is 0 Å². The summed E-state index contributed by atoms with van der Waals surface area (Å²) in [5, 5.41) is 13.5. The van der Waals surface area contributed by atoms with Gasteiger partial charge in [-0.1, -0.05) is 30.3 Å². The van der Waals surface area contributed by atoms with Gasteiger partial charge in [0.25, 0.3) is 0 Å². The van der Waals surface area contributed by atoms with Crippen LogP contribution in [0.1, 0.15) is 56.9 Å². The lowest BCUT2D eigenvalue weighted by atomic mass is 9.80. The predicted molar refractivity (Wildman–Crippen MR) is 136 cm³/mol. The molecule has 2 N–H and O–H groups in total. The van der Waals surface area contributed by atoms with E-state index >= 15 is 0 Å². The number of nitrogens with one attached hydrogen (secondary N) is 1. The summed E-state index contributed by atoms with van der Waals surface area (Å²) in [4.78, 5) is 16.5. The zero-order valence-electron chi connectivity index (χ0n) is 20.3. The molecule has 0 saturated carbocycles. The van der Waals surface area contributed by atoms with Gasteiger partial charge in [-0.15, -0.1) is 0 Å². The molecule has 0 aromatic heterocycles. The van der Waals surface area contributed by atoms with Crippen LogP contribution in [0.2, 0.25) is 0 Å². The van der Waals surface area contributed by atoms with E-state index in [1.54, 1.807) is 0 Å². The van der Waals surface area contributed by atoms with Gasteiger partial charge in [0.1, 0.15) is 5.60 Å². The Morgan fingerprint density at radius 1 is 0.971 bits per heavy atom. The number of amides is 1. The number of aliphatic imine (C=N–C) groups is 1. The highest BCUT2D eigenvalue weighted by molar-refractivity contribution is 6.16. The highest BCUT2D eigenvalue weighted by Gasteiger charge is 2.39. The van der Waals surface area contributed by atoms with Crippen LogP contribution >= 0.6 is 0 Å². The molecule has 0 atom stereocenters. The maximum atomic E-state index is 11.3. The van der Waals surface area contributed by atoms with Crippen LogP contribution in [0.4, 0.5) is 5.69 Å².